The lowest BCUT2D eigenvalue weighted by Crippen LogP contribution is -2.16. The van der Waals surface area contributed by atoms with Crippen molar-refractivity contribution in [3.63, 3.8) is 0 Å². The maximum absolute atomic E-state index is 12.6. The number of aryl methyl sites for hydroxylation is 3. The molecule has 0 fully saturated rings. The van der Waals surface area contributed by atoms with E-state index in [9.17, 15) is 8.42 Å². The topological polar surface area (TPSA) is 85.1 Å². The quantitative estimate of drug-likeness (QED) is 0.907. The summed E-state index contributed by atoms with van der Waals surface area (Å²) in [7, 11) is -3.66. The number of sulfonamides is 1. The molecule has 0 saturated carbocycles. The van der Waals surface area contributed by atoms with Crippen LogP contribution in [0.2, 0.25) is 0 Å². The van der Waals surface area contributed by atoms with Crippen LogP contribution in [0.3, 0.4) is 0 Å². The Morgan fingerprint density at radius 3 is 2.48 bits per heavy atom. The Balaban J connectivity index is 2.47. The summed E-state index contributed by atoms with van der Waals surface area (Å²) in [5.41, 5.74) is 9.47. The van der Waals surface area contributed by atoms with Gasteiger partial charge in [0.05, 0.1) is 16.8 Å². The van der Waals surface area contributed by atoms with Gasteiger partial charge in [-0.05, 0) is 55.2 Å². The minimum Gasteiger partial charge on any atom is -0.326 e. The minimum atomic E-state index is -3.66. The van der Waals surface area contributed by atoms with Gasteiger partial charge in [0.1, 0.15) is 0 Å². The third-order valence-electron chi connectivity index (χ3n) is 3.43. The summed E-state index contributed by atoms with van der Waals surface area (Å²) in [6, 6.07) is 5.23. The van der Waals surface area contributed by atoms with Crippen molar-refractivity contribution in [2.75, 3.05) is 4.72 Å². The van der Waals surface area contributed by atoms with Gasteiger partial charge in [-0.15, -0.1) is 0 Å². The molecule has 0 aliphatic rings. The largest absolute Gasteiger partial charge is 0.326 e. The van der Waals surface area contributed by atoms with Crippen LogP contribution in [-0.2, 0) is 16.6 Å². The standard InChI is InChI=1S/C15H19N3O2S/c1-10-4-5-17-9-14(10)18-21(19,20)15-7-13(8-16)11(2)6-12(15)3/h4-7,9,18H,8,16H2,1-3H3. The zero-order chi connectivity index (χ0) is 15.6. The number of nitrogens with zero attached hydrogens (tertiary/aromatic N) is 1. The van der Waals surface area contributed by atoms with E-state index in [1.807, 2.05) is 19.9 Å². The van der Waals surface area contributed by atoms with E-state index in [4.69, 9.17) is 5.73 Å². The summed E-state index contributed by atoms with van der Waals surface area (Å²) in [4.78, 5) is 4.19. The van der Waals surface area contributed by atoms with Gasteiger partial charge in [-0.25, -0.2) is 8.42 Å². The second-order valence-corrected chi connectivity index (χ2v) is 6.70. The Hall–Kier alpha value is -1.92. The summed E-state index contributed by atoms with van der Waals surface area (Å²) in [5.74, 6) is 0. The number of aromatic nitrogens is 1. The number of hydrogen-bond donors (Lipinski definition) is 2. The first-order chi connectivity index (χ1) is 9.85. The lowest BCUT2D eigenvalue weighted by atomic mass is 10.1. The van der Waals surface area contributed by atoms with Crippen molar-refractivity contribution < 1.29 is 8.42 Å². The Morgan fingerprint density at radius 2 is 1.86 bits per heavy atom. The van der Waals surface area contributed by atoms with E-state index in [1.54, 1.807) is 25.3 Å². The molecule has 1 aromatic heterocycles. The third kappa shape index (κ3) is 3.22. The number of benzene rings is 1. The van der Waals surface area contributed by atoms with Crippen LogP contribution in [0.15, 0.2) is 35.5 Å². The molecule has 0 unspecified atom stereocenters. The molecule has 0 atom stereocenters. The first kappa shape index (κ1) is 15.5. The van der Waals surface area contributed by atoms with Crippen LogP contribution in [0.5, 0.6) is 0 Å². The van der Waals surface area contributed by atoms with Crippen molar-refractivity contribution in [1.82, 2.24) is 4.98 Å². The maximum Gasteiger partial charge on any atom is 0.262 e. The Kier molecular flexibility index (Phi) is 4.29. The average molecular weight is 305 g/mol. The number of rotatable bonds is 4. The van der Waals surface area contributed by atoms with Crippen molar-refractivity contribution in [3.8, 4) is 0 Å². The van der Waals surface area contributed by atoms with Gasteiger partial charge in [0.2, 0.25) is 0 Å². The van der Waals surface area contributed by atoms with Gasteiger partial charge >= 0.3 is 0 Å². The fourth-order valence-electron chi connectivity index (χ4n) is 2.15. The van der Waals surface area contributed by atoms with Crippen LogP contribution < -0.4 is 10.5 Å². The normalized spacial score (nSPS) is 11.4. The zero-order valence-electron chi connectivity index (χ0n) is 12.3. The number of nitrogens with two attached hydrogens (primary N) is 1. The van der Waals surface area contributed by atoms with Crippen molar-refractivity contribution in [3.05, 3.63) is 52.8 Å². The van der Waals surface area contributed by atoms with Gasteiger partial charge in [0, 0.05) is 12.7 Å². The predicted octanol–water partition coefficient (Wildman–Crippen LogP) is 2.27. The molecule has 0 aliphatic heterocycles. The molecule has 1 heterocycles. The molecule has 21 heavy (non-hydrogen) atoms. The molecule has 3 N–H and O–H groups in total. The molecule has 0 saturated heterocycles. The predicted molar refractivity (Wildman–Crippen MR) is 83.6 cm³/mol. The van der Waals surface area contributed by atoms with Crippen LogP contribution in [0.4, 0.5) is 5.69 Å². The van der Waals surface area contributed by atoms with Crippen LogP contribution in [0.1, 0.15) is 22.3 Å². The fraction of sp³-hybridized carbons (Fsp3) is 0.267. The van der Waals surface area contributed by atoms with Crippen LogP contribution >= 0.6 is 0 Å². The molecule has 0 radical (unpaired) electrons. The zero-order valence-corrected chi connectivity index (χ0v) is 13.2. The number of nitrogens with one attached hydrogen (secondary N) is 1. The third-order valence-corrected chi connectivity index (χ3v) is 4.93. The summed E-state index contributed by atoms with van der Waals surface area (Å²) < 4.78 is 27.7. The highest BCUT2D eigenvalue weighted by molar-refractivity contribution is 7.92. The monoisotopic (exact) mass is 305 g/mol. The van der Waals surface area contributed by atoms with E-state index in [0.717, 1.165) is 16.7 Å². The highest BCUT2D eigenvalue weighted by Gasteiger charge is 2.19. The number of pyridine rings is 1. The summed E-state index contributed by atoms with van der Waals surface area (Å²) in [6.07, 6.45) is 3.12. The van der Waals surface area contributed by atoms with E-state index < -0.39 is 10.0 Å². The Bertz CT molecular complexity index is 770. The van der Waals surface area contributed by atoms with E-state index in [-0.39, 0.29) is 4.90 Å². The fourth-order valence-corrected chi connectivity index (χ4v) is 3.55. The molecule has 1 aromatic carbocycles. The Labute approximate surface area is 125 Å². The van der Waals surface area contributed by atoms with Crippen LogP contribution in [-0.4, -0.2) is 13.4 Å². The first-order valence-corrected chi connectivity index (χ1v) is 8.07. The molecule has 0 bridgehead atoms. The molecule has 112 valence electrons. The minimum absolute atomic E-state index is 0.247. The first-order valence-electron chi connectivity index (χ1n) is 6.59. The van der Waals surface area contributed by atoms with Crippen LogP contribution in [0.25, 0.3) is 0 Å². The SMILES string of the molecule is Cc1cc(C)c(S(=O)(=O)Nc2cnccc2C)cc1CN. The molecule has 0 spiro atoms. The lowest BCUT2D eigenvalue weighted by molar-refractivity contribution is 0.600. The molecule has 0 amide bonds. The van der Waals surface area contributed by atoms with Gasteiger partial charge in [-0.2, -0.15) is 0 Å². The van der Waals surface area contributed by atoms with Crippen molar-refractivity contribution >= 4 is 15.7 Å². The van der Waals surface area contributed by atoms with Gasteiger partial charge < -0.3 is 5.73 Å². The van der Waals surface area contributed by atoms with E-state index in [2.05, 4.69) is 9.71 Å². The van der Waals surface area contributed by atoms with E-state index >= 15 is 0 Å². The average Bonchev–Trinajstić information content (AvgIpc) is 2.41. The van der Waals surface area contributed by atoms with E-state index in [1.165, 1.54) is 6.20 Å². The molecule has 2 aromatic rings. The molecule has 5 nitrogen and oxygen atoms in total. The molecular formula is C15H19N3O2S. The summed E-state index contributed by atoms with van der Waals surface area (Å²) >= 11 is 0. The lowest BCUT2D eigenvalue weighted by Gasteiger charge is -2.14. The van der Waals surface area contributed by atoms with E-state index in [0.29, 0.717) is 17.8 Å². The highest BCUT2D eigenvalue weighted by Crippen LogP contribution is 2.23. The maximum atomic E-state index is 12.6. The van der Waals surface area contributed by atoms with Crippen molar-refractivity contribution in [1.29, 1.82) is 0 Å². The Morgan fingerprint density at radius 1 is 1.14 bits per heavy atom. The summed E-state index contributed by atoms with van der Waals surface area (Å²) in [6.45, 7) is 5.83. The second kappa shape index (κ2) is 5.83. The van der Waals surface area contributed by atoms with Crippen molar-refractivity contribution in [2.45, 2.75) is 32.2 Å². The van der Waals surface area contributed by atoms with Gasteiger partial charge in [0.25, 0.3) is 10.0 Å². The van der Waals surface area contributed by atoms with Crippen LogP contribution in [0, 0.1) is 20.8 Å². The van der Waals surface area contributed by atoms with Gasteiger partial charge in [0.15, 0.2) is 0 Å². The van der Waals surface area contributed by atoms with Gasteiger partial charge in [-0.1, -0.05) is 6.07 Å². The van der Waals surface area contributed by atoms with Gasteiger partial charge in [-0.3, -0.25) is 9.71 Å². The molecule has 0 aliphatic carbocycles. The smallest absolute Gasteiger partial charge is 0.262 e. The highest BCUT2D eigenvalue weighted by atomic mass is 32.2. The summed E-state index contributed by atoms with van der Waals surface area (Å²) in [5, 5.41) is 0. The molecule has 2 rings (SSSR count). The molecule has 6 heteroatoms. The molecular weight excluding hydrogens is 286 g/mol. The second-order valence-electron chi connectivity index (χ2n) is 5.04. The number of hydrogen-bond acceptors (Lipinski definition) is 4. The van der Waals surface area contributed by atoms with Crippen molar-refractivity contribution in [2.24, 2.45) is 5.73 Å². The number of anilines is 1.